The molecule has 2 nitrogen and oxygen atoms in total. The van der Waals surface area contributed by atoms with E-state index in [0.29, 0.717) is 0 Å². The van der Waals surface area contributed by atoms with Gasteiger partial charge in [-0.15, -0.1) is 11.3 Å². The van der Waals surface area contributed by atoms with E-state index < -0.39 is 0 Å². The van der Waals surface area contributed by atoms with E-state index in [1.807, 2.05) is 18.5 Å². The first kappa shape index (κ1) is 8.87. The zero-order valence-electron chi connectivity index (χ0n) is 7.23. The van der Waals surface area contributed by atoms with Crippen LogP contribution in [0.3, 0.4) is 0 Å². The number of aryl methyl sites for hydroxylation is 1. The molecule has 2 N–H and O–H groups in total. The summed E-state index contributed by atoms with van der Waals surface area (Å²) in [7, 11) is 0. The average molecular weight is 210 g/mol. The largest absolute Gasteiger partial charge is 0.320 e. The molecule has 0 aliphatic carbocycles. The molecule has 2 aromatic heterocycles. The molecule has 0 bridgehead atoms. The van der Waals surface area contributed by atoms with Crippen LogP contribution in [0.4, 0.5) is 0 Å². The normalized spacial score (nSPS) is 13.1. The SMILES string of the molecule is Cc1ncc(C(N)c2ccsc2)s1. The Hall–Kier alpha value is -0.710. The first-order chi connectivity index (χ1) is 6.27. The van der Waals surface area contributed by atoms with Crippen LogP contribution in [0.1, 0.15) is 21.5 Å². The minimum Gasteiger partial charge on any atom is -0.320 e. The van der Waals surface area contributed by atoms with Gasteiger partial charge < -0.3 is 5.73 Å². The molecule has 0 fully saturated rings. The van der Waals surface area contributed by atoms with Gasteiger partial charge in [0.25, 0.3) is 0 Å². The molecule has 2 rings (SSSR count). The van der Waals surface area contributed by atoms with Crippen molar-refractivity contribution in [1.29, 1.82) is 0 Å². The monoisotopic (exact) mass is 210 g/mol. The van der Waals surface area contributed by atoms with Gasteiger partial charge in [0.1, 0.15) is 0 Å². The standard InChI is InChI=1S/C9H10N2S2/c1-6-11-4-8(13-6)9(10)7-2-3-12-5-7/h2-5,9H,10H2,1H3. The number of rotatable bonds is 2. The van der Waals surface area contributed by atoms with Gasteiger partial charge in [0.2, 0.25) is 0 Å². The van der Waals surface area contributed by atoms with E-state index >= 15 is 0 Å². The highest BCUT2D eigenvalue weighted by Gasteiger charge is 2.11. The van der Waals surface area contributed by atoms with E-state index in [-0.39, 0.29) is 6.04 Å². The van der Waals surface area contributed by atoms with Crippen LogP contribution in [-0.2, 0) is 0 Å². The summed E-state index contributed by atoms with van der Waals surface area (Å²) < 4.78 is 0. The van der Waals surface area contributed by atoms with Gasteiger partial charge in [-0.3, -0.25) is 0 Å². The third kappa shape index (κ3) is 1.80. The predicted molar refractivity (Wildman–Crippen MR) is 57.2 cm³/mol. The van der Waals surface area contributed by atoms with Gasteiger partial charge in [-0.2, -0.15) is 11.3 Å². The summed E-state index contributed by atoms with van der Waals surface area (Å²) in [5.74, 6) is 0. The molecule has 0 saturated heterocycles. The highest BCUT2D eigenvalue weighted by atomic mass is 32.1. The van der Waals surface area contributed by atoms with E-state index in [0.717, 1.165) is 9.88 Å². The molecule has 2 aromatic rings. The Morgan fingerprint density at radius 2 is 2.38 bits per heavy atom. The molecule has 13 heavy (non-hydrogen) atoms. The maximum Gasteiger partial charge on any atom is 0.0897 e. The molecule has 0 radical (unpaired) electrons. The van der Waals surface area contributed by atoms with Gasteiger partial charge in [-0.1, -0.05) is 0 Å². The fourth-order valence-electron chi connectivity index (χ4n) is 1.14. The molecular formula is C9H10N2S2. The number of hydrogen-bond donors (Lipinski definition) is 1. The van der Waals surface area contributed by atoms with E-state index in [2.05, 4.69) is 16.4 Å². The number of hydrogen-bond acceptors (Lipinski definition) is 4. The zero-order chi connectivity index (χ0) is 9.26. The number of thiophene rings is 1. The average Bonchev–Trinajstić information content (AvgIpc) is 2.72. The fraction of sp³-hybridized carbons (Fsp3) is 0.222. The highest BCUT2D eigenvalue weighted by molar-refractivity contribution is 7.11. The Kier molecular flexibility index (Phi) is 2.44. The Labute approximate surface area is 85.1 Å². The summed E-state index contributed by atoms with van der Waals surface area (Å²) in [5.41, 5.74) is 7.23. The first-order valence-electron chi connectivity index (χ1n) is 3.97. The van der Waals surface area contributed by atoms with Crippen molar-refractivity contribution in [2.24, 2.45) is 5.73 Å². The lowest BCUT2D eigenvalue weighted by atomic mass is 10.1. The molecule has 2 heterocycles. The van der Waals surface area contributed by atoms with Crippen LogP contribution >= 0.6 is 22.7 Å². The molecular weight excluding hydrogens is 200 g/mol. The maximum atomic E-state index is 6.05. The van der Waals surface area contributed by atoms with Crippen LogP contribution in [0.25, 0.3) is 0 Å². The van der Waals surface area contributed by atoms with Gasteiger partial charge in [0.15, 0.2) is 0 Å². The Bertz CT molecular complexity index is 378. The smallest absolute Gasteiger partial charge is 0.0897 e. The van der Waals surface area contributed by atoms with E-state index in [1.165, 1.54) is 5.56 Å². The molecule has 1 unspecified atom stereocenters. The predicted octanol–water partition coefficient (Wildman–Crippen LogP) is 2.56. The third-order valence-electron chi connectivity index (χ3n) is 1.85. The van der Waals surface area contributed by atoms with Gasteiger partial charge in [0, 0.05) is 11.1 Å². The van der Waals surface area contributed by atoms with Gasteiger partial charge >= 0.3 is 0 Å². The fourth-order valence-corrected chi connectivity index (χ4v) is 2.65. The van der Waals surface area contributed by atoms with E-state index in [9.17, 15) is 0 Å². The summed E-state index contributed by atoms with van der Waals surface area (Å²) in [4.78, 5) is 5.32. The molecule has 0 spiro atoms. The molecule has 68 valence electrons. The molecule has 0 saturated carbocycles. The maximum absolute atomic E-state index is 6.05. The van der Waals surface area contributed by atoms with Crippen LogP contribution in [-0.4, -0.2) is 4.98 Å². The van der Waals surface area contributed by atoms with Crippen LogP contribution in [0.2, 0.25) is 0 Å². The van der Waals surface area contributed by atoms with Crippen molar-refractivity contribution in [3.05, 3.63) is 38.5 Å². The van der Waals surface area contributed by atoms with Gasteiger partial charge in [0.05, 0.1) is 11.0 Å². The van der Waals surface area contributed by atoms with E-state index in [1.54, 1.807) is 22.7 Å². The van der Waals surface area contributed by atoms with Crippen LogP contribution in [0.15, 0.2) is 23.0 Å². The van der Waals surface area contributed by atoms with Gasteiger partial charge in [-0.05, 0) is 29.3 Å². The second-order valence-electron chi connectivity index (χ2n) is 2.82. The first-order valence-corrected chi connectivity index (χ1v) is 5.73. The Balaban J connectivity index is 2.28. The second-order valence-corrected chi connectivity index (χ2v) is 4.86. The van der Waals surface area contributed by atoms with Crippen molar-refractivity contribution >= 4 is 22.7 Å². The summed E-state index contributed by atoms with van der Waals surface area (Å²) in [6.45, 7) is 1.99. The molecule has 1 atom stereocenters. The number of nitrogens with zero attached hydrogens (tertiary/aromatic N) is 1. The quantitative estimate of drug-likeness (QED) is 0.827. The summed E-state index contributed by atoms with van der Waals surface area (Å²) >= 11 is 3.34. The molecule has 0 amide bonds. The van der Waals surface area contributed by atoms with Crippen molar-refractivity contribution in [3.8, 4) is 0 Å². The number of aromatic nitrogens is 1. The molecule has 4 heteroatoms. The Morgan fingerprint density at radius 1 is 1.54 bits per heavy atom. The summed E-state index contributed by atoms with van der Waals surface area (Å²) in [5, 5.41) is 5.20. The highest BCUT2D eigenvalue weighted by Crippen LogP contribution is 2.25. The zero-order valence-corrected chi connectivity index (χ0v) is 8.86. The minimum absolute atomic E-state index is 0.00236. The third-order valence-corrected chi connectivity index (χ3v) is 3.55. The Morgan fingerprint density at radius 3 is 2.92 bits per heavy atom. The molecule has 0 aromatic carbocycles. The topological polar surface area (TPSA) is 38.9 Å². The van der Waals surface area contributed by atoms with Crippen molar-refractivity contribution in [3.63, 3.8) is 0 Å². The van der Waals surface area contributed by atoms with Crippen LogP contribution in [0, 0.1) is 6.92 Å². The van der Waals surface area contributed by atoms with Crippen molar-refractivity contribution in [2.75, 3.05) is 0 Å². The van der Waals surface area contributed by atoms with Crippen LogP contribution < -0.4 is 5.73 Å². The van der Waals surface area contributed by atoms with E-state index in [4.69, 9.17) is 5.73 Å². The van der Waals surface area contributed by atoms with Gasteiger partial charge in [-0.25, -0.2) is 4.98 Å². The lowest BCUT2D eigenvalue weighted by Crippen LogP contribution is -2.08. The molecule has 0 aliphatic heterocycles. The minimum atomic E-state index is -0.00236. The lowest BCUT2D eigenvalue weighted by molar-refractivity contribution is 0.895. The summed E-state index contributed by atoms with van der Waals surface area (Å²) in [6, 6.07) is 2.06. The van der Waals surface area contributed by atoms with Crippen molar-refractivity contribution in [1.82, 2.24) is 4.98 Å². The number of thiazole rings is 1. The second kappa shape index (κ2) is 3.57. The summed E-state index contributed by atoms with van der Waals surface area (Å²) in [6.07, 6.45) is 1.86. The molecule has 0 aliphatic rings. The number of nitrogens with two attached hydrogens (primary N) is 1. The van der Waals surface area contributed by atoms with Crippen molar-refractivity contribution < 1.29 is 0 Å². The van der Waals surface area contributed by atoms with Crippen LogP contribution in [0.5, 0.6) is 0 Å². The lowest BCUT2D eigenvalue weighted by Gasteiger charge is -2.05. The van der Waals surface area contributed by atoms with Crippen molar-refractivity contribution in [2.45, 2.75) is 13.0 Å².